The molecule has 0 bridgehead atoms. The summed E-state index contributed by atoms with van der Waals surface area (Å²) < 4.78 is 48.5. The van der Waals surface area contributed by atoms with Crippen LogP contribution >= 0.6 is 11.3 Å². The number of aliphatic hydroxyl groups is 1. The van der Waals surface area contributed by atoms with E-state index in [0.29, 0.717) is 11.3 Å². The molecule has 0 amide bonds. The number of carbonyl (C=O) groups is 1. The zero-order chi connectivity index (χ0) is 13.9. The normalized spacial score (nSPS) is 13.8. The van der Waals surface area contributed by atoms with E-state index in [1.165, 1.54) is 0 Å². The van der Waals surface area contributed by atoms with E-state index in [9.17, 15) is 22.0 Å². The molecule has 0 saturated carbocycles. The lowest BCUT2D eigenvalue weighted by Gasteiger charge is -2.09. The van der Waals surface area contributed by atoms with Crippen LogP contribution in [0, 0.1) is 0 Å². The van der Waals surface area contributed by atoms with Crippen molar-refractivity contribution in [1.29, 1.82) is 0 Å². The van der Waals surface area contributed by atoms with Crippen LogP contribution in [0.25, 0.3) is 0 Å². The van der Waals surface area contributed by atoms with Gasteiger partial charge < -0.3 is 10.2 Å². The molecule has 0 saturated heterocycles. The molecular formula is C8H9F2NO5S2. The van der Waals surface area contributed by atoms with Gasteiger partial charge in [-0.15, -0.1) is 11.3 Å². The third-order valence-electron chi connectivity index (χ3n) is 1.86. The molecule has 3 N–H and O–H groups in total. The Balaban J connectivity index is 2.77. The Bertz CT molecular complexity index is 527. The molecular weight excluding hydrogens is 292 g/mol. The Morgan fingerprint density at radius 2 is 2.11 bits per heavy atom. The third-order valence-corrected chi connectivity index (χ3v) is 4.72. The maximum Gasteiger partial charge on any atom is 0.336 e. The lowest BCUT2D eigenvalue weighted by molar-refractivity contribution is -0.000445. The van der Waals surface area contributed by atoms with Crippen molar-refractivity contribution < 1.29 is 32.2 Å². The number of sulfonamides is 1. The van der Waals surface area contributed by atoms with Crippen molar-refractivity contribution in [3.8, 4) is 0 Å². The van der Waals surface area contributed by atoms with Gasteiger partial charge in [-0.2, -0.15) is 0 Å². The zero-order valence-electron chi connectivity index (χ0n) is 8.71. The molecule has 10 heteroatoms. The van der Waals surface area contributed by atoms with E-state index < -0.39 is 35.1 Å². The van der Waals surface area contributed by atoms with Crippen LogP contribution in [0.3, 0.4) is 0 Å². The number of carboxylic acid groups (broad SMARTS) is 1. The van der Waals surface area contributed by atoms with Gasteiger partial charge in [-0.3, -0.25) is 0 Å². The van der Waals surface area contributed by atoms with Gasteiger partial charge in [0.15, 0.2) is 0 Å². The molecule has 1 rings (SSSR count). The molecule has 102 valence electrons. The molecule has 0 aromatic carbocycles. The van der Waals surface area contributed by atoms with Crippen molar-refractivity contribution in [2.24, 2.45) is 0 Å². The fourth-order valence-corrected chi connectivity index (χ4v) is 3.17. The summed E-state index contributed by atoms with van der Waals surface area (Å²) in [7, 11) is -4.09. The largest absolute Gasteiger partial charge is 0.478 e. The summed E-state index contributed by atoms with van der Waals surface area (Å²) >= 11 is 0.644. The number of carboxylic acids is 1. The Hall–Kier alpha value is -1.10. The molecule has 1 heterocycles. The fourth-order valence-electron chi connectivity index (χ4n) is 0.925. The van der Waals surface area contributed by atoms with E-state index in [1.54, 1.807) is 4.72 Å². The summed E-state index contributed by atoms with van der Waals surface area (Å²) in [5.74, 6) is -1.29. The fraction of sp³-hybridized carbons (Fsp3) is 0.375. The maximum absolute atomic E-state index is 12.0. The number of halogens is 2. The number of rotatable bonds is 6. The van der Waals surface area contributed by atoms with E-state index in [4.69, 9.17) is 10.2 Å². The highest BCUT2D eigenvalue weighted by molar-refractivity contribution is 7.91. The number of alkyl halides is 2. The number of aliphatic hydroxyl groups excluding tert-OH is 1. The summed E-state index contributed by atoms with van der Waals surface area (Å²) in [6, 6.07) is 0.907. The highest BCUT2D eigenvalue weighted by Crippen LogP contribution is 2.20. The third kappa shape index (κ3) is 3.70. The standard InChI is InChI=1S/C8H9F2NO5S2/c9-7(10)5(12)2-11-18(15,16)6-1-4(3-17-6)8(13)14/h1,3,5,7,11-12H,2H2,(H,13,14). The topological polar surface area (TPSA) is 104 Å². The van der Waals surface area contributed by atoms with Crippen molar-refractivity contribution >= 4 is 27.3 Å². The van der Waals surface area contributed by atoms with Crippen LogP contribution < -0.4 is 4.72 Å². The van der Waals surface area contributed by atoms with Gasteiger partial charge in [0.25, 0.3) is 6.43 Å². The molecule has 1 aromatic heterocycles. The lowest BCUT2D eigenvalue weighted by atomic mass is 10.4. The van der Waals surface area contributed by atoms with E-state index >= 15 is 0 Å². The molecule has 6 nitrogen and oxygen atoms in total. The minimum Gasteiger partial charge on any atom is -0.478 e. The quantitative estimate of drug-likeness (QED) is 0.703. The first-order valence-electron chi connectivity index (χ1n) is 4.51. The number of thiophene rings is 1. The first-order chi connectivity index (χ1) is 8.24. The minimum absolute atomic E-state index is 0.213. The first-order valence-corrected chi connectivity index (χ1v) is 6.88. The van der Waals surface area contributed by atoms with Gasteiger partial charge in [0.1, 0.15) is 10.3 Å². The van der Waals surface area contributed by atoms with Crippen LogP contribution in [-0.2, 0) is 10.0 Å². The molecule has 1 unspecified atom stereocenters. The number of nitrogens with one attached hydrogen (secondary N) is 1. The second-order valence-corrected chi connectivity index (χ2v) is 6.12. The average molecular weight is 301 g/mol. The Morgan fingerprint density at radius 1 is 1.50 bits per heavy atom. The molecule has 1 atom stereocenters. The van der Waals surface area contributed by atoms with Crippen molar-refractivity contribution in [3.63, 3.8) is 0 Å². The molecule has 1 aromatic rings. The highest BCUT2D eigenvalue weighted by Gasteiger charge is 2.23. The van der Waals surface area contributed by atoms with Gasteiger partial charge >= 0.3 is 5.97 Å². The van der Waals surface area contributed by atoms with E-state index in [-0.39, 0.29) is 9.77 Å². The Kier molecular flexibility index (Phi) is 4.73. The highest BCUT2D eigenvalue weighted by atomic mass is 32.2. The summed E-state index contributed by atoms with van der Waals surface area (Å²) in [4.78, 5) is 10.5. The zero-order valence-corrected chi connectivity index (χ0v) is 10.3. The molecule has 0 fully saturated rings. The molecule has 0 aliphatic carbocycles. The first kappa shape index (κ1) is 15.0. The second-order valence-electron chi connectivity index (χ2n) is 3.21. The van der Waals surface area contributed by atoms with Crippen molar-refractivity contribution in [1.82, 2.24) is 4.72 Å². The van der Waals surface area contributed by atoms with Gasteiger partial charge in [-0.25, -0.2) is 26.7 Å². The van der Waals surface area contributed by atoms with Gasteiger partial charge in [-0.05, 0) is 6.07 Å². The monoisotopic (exact) mass is 301 g/mol. The summed E-state index contributed by atoms with van der Waals surface area (Å²) in [5.41, 5.74) is -0.213. The van der Waals surface area contributed by atoms with Crippen LogP contribution in [-0.4, -0.2) is 43.7 Å². The number of hydrogen-bond donors (Lipinski definition) is 3. The SMILES string of the molecule is O=C(O)c1csc(S(=O)(=O)NCC(O)C(F)F)c1. The van der Waals surface area contributed by atoms with Crippen LogP contribution in [0.4, 0.5) is 8.78 Å². The molecule has 0 spiro atoms. The van der Waals surface area contributed by atoms with Crippen molar-refractivity contribution in [2.75, 3.05) is 6.54 Å². The van der Waals surface area contributed by atoms with Crippen LogP contribution in [0.2, 0.25) is 0 Å². The summed E-state index contributed by atoms with van der Waals surface area (Å²) in [6.07, 6.45) is -5.18. The number of hydrogen-bond acceptors (Lipinski definition) is 5. The van der Waals surface area contributed by atoms with E-state index in [1.807, 2.05) is 0 Å². The van der Waals surface area contributed by atoms with Gasteiger partial charge in [-0.1, -0.05) is 0 Å². The second kappa shape index (κ2) is 5.69. The lowest BCUT2D eigenvalue weighted by Crippen LogP contribution is -2.35. The van der Waals surface area contributed by atoms with Crippen LogP contribution in [0.5, 0.6) is 0 Å². The summed E-state index contributed by atoms with van der Waals surface area (Å²) in [5, 5.41) is 18.5. The van der Waals surface area contributed by atoms with Gasteiger partial charge in [0.2, 0.25) is 10.0 Å². The van der Waals surface area contributed by atoms with E-state index in [2.05, 4.69) is 0 Å². The minimum atomic E-state index is -4.09. The number of aromatic carboxylic acids is 1. The van der Waals surface area contributed by atoms with Gasteiger partial charge in [0.05, 0.1) is 5.56 Å². The Labute approximate surface area is 105 Å². The molecule has 0 aliphatic rings. The molecule has 0 radical (unpaired) electrons. The molecule has 18 heavy (non-hydrogen) atoms. The van der Waals surface area contributed by atoms with Gasteiger partial charge in [0, 0.05) is 11.9 Å². The summed E-state index contributed by atoms with van der Waals surface area (Å²) in [6.45, 7) is -0.847. The van der Waals surface area contributed by atoms with Crippen molar-refractivity contribution in [2.45, 2.75) is 16.7 Å². The van der Waals surface area contributed by atoms with Crippen molar-refractivity contribution in [3.05, 3.63) is 17.0 Å². The maximum atomic E-state index is 12.0. The van der Waals surface area contributed by atoms with Crippen LogP contribution in [0.1, 0.15) is 10.4 Å². The predicted molar refractivity (Wildman–Crippen MR) is 58.5 cm³/mol. The average Bonchev–Trinajstić information content (AvgIpc) is 2.75. The van der Waals surface area contributed by atoms with E-state index in [0.717, 1.165) is 11.4 Å². The predicted octanol–water partition coefficient (Wildman–Crippen LogP) is 0.351. The smallest absolute Gasteiger partial charge is 0.336 e. The molecule has 0 aliphatic heterocycles. The van der Waals surface area contributed by atoms with Crippen LogP contribution in [0.15, 0.2) is 15.7 Å². The Morgan fingerprint density at radius 3 is 2.56 bits per heavy atom.